The van der Waals surface area contributed by atoms with Gasteiger partial charge in [0.05, 0.1) is 26.5 Å². The Labute approximate surface area is 112 Å². The van der Waals surface area contributed by atoms with Gasteiger partial charge in [0.1, 0.15) is 6.04 Å². The lowest BCUT2D eigenvalue weighted by Crippen LogP contribution is -2.62. The van der Waals surface area contributed by atoms with E-state index < -0.39 is 17.1 Å². The average Bonchev–Trinajstić information content (AvgIpc) is 2.89. The van der Waals surface area contributed by atoms with Crippen LogP contribution >= 0.6 is 0 Å². The van der Waals surface area contributed by atoms with Crippen LogP contribution in [0.4, 0.5) is 0 Å². The molecule has 0 unspecified atom stereocenters. The molecule has 0 saturated carbocycles. The summed E-state index contributed by atoms with van der Waals surface area (Å²) in [6.45, 7) is 2.93. The van der Waals surface area contributed by atoms with E-state index >= 15 is 0 Å². The molecule has 0 bridgehead atoms. The molecule has 2 saturated heterocycles. The highest BCUT2D eigenvalue weighted by atomic mass is 16.6. The lowest BCUT2D eigenvalue weighted by Gasteiger charge is -2.61. The quantitative estimate of drug-likeness (QED) is 0.561. The highest BCUT2D eigenvalue weighted by Gasteiger charge is 2.47. The van der Waals surface area contributed by atoms with Crippen molar-refractivity contribution in [2.24, 2.45) is 11.8 Å². The second-order valence-electron chi connectivity index (χ2n) is 5.97. The number of hydrogen-bond acceptors (Lipinski definition) is 2. The fourth-order valence-corrected chi connectivity index (χ4v) is 3.76. The SMILES string of the molecule is [2H][C@@H]1[C@@]([2H])(C)CC[C@H]2[C@H](C)CC[C@@H](c3ccoc3)[N@@+]12[O-]. The second kappa shape index (κ2) is 4.39. The molecule has 0 N–H and O–H groups in total. The van der Waals surface area contributed by atoms with Crippen LogP contribution in [-0.4, -0.2) is 17.2 Å². The van der Waals surface area contributed by atoms with Crippen molar-refractivity contribution in [1.29, 1.82) is 0 Å². The Bertz CT molecular complexity index is 472. The Morgan fingerprint density at radius 1 is 1.39 bits per heavy atom. The van der Waals surface area contributed by atoms with Crippen LogP contribution in [0, 0.1) is 17.0 Å². The van der Waals surface area contributed by atoms with E-state index in [1.165, 1.54) is 0 Å². The van der Waals surface area contributed by atoms with Gasteiger partial charge in [0, 0.05) is 31.6 Å². The van der Waals surface area contributed by atoms with Crippen molar-refractivity contribution in [3.8, 4) is 0 Å². The van der Waals surface area contributed by atoms with Crippen LogP contribution in [0.5, 0.6) is 0 Å². The van der Waals surface area contributed by atoms with Gasteiger partial charge < -0.3 is 14.3 Å². The predicted octanol–water partition coefficient (Wildman–Crippen LogP) is 3.86. The first-order valence-electron chi connectivity index (χ1n) is 7.98. The van der Waals surface area contributed by atoms with Crippen LogP contribution in [0.15, 0.2) is 23.0 Å². The molecule has 0 aliphatic carbocycles. The molecule has 0 amide bonds. The molecule has 2 aliphatic heterocycles. The topological polar surface area (TPSA) is 36.2 Å². The minimum absolute atomic E-state index is 0.0513. The molecule has 2 fully saturated rings. The van der Waals surface area contributed by atoms with Crippen LogP contribution in [0.25, 0.3) is 0 Å². The number of fused-ring (bicyclic) bond motifs is 1. The lowest BCUT2D eigenvalue weighted by atomic mass is 9.77. The summed E-state index contributed by atoms with van der Waals surface area (Å²) in [5.74, 6) is -0.628. The van der Waals surface area contributed by atoms with Gasteiger partial charge >= 0.3 is 0 Å². The van der Waals surface area contributed by atoms with E-state index in [2.05, 4.69) is 6.92 Å². The molecule has 1 aromatic heterocycles. The van der Waals surface area contributed by atoms with Gasteiger partial charge in [0.2, 0.25) is 0 Å². The van der Waals surface area contributed by atoms with E-state index in [4.69, 9.17) is 7.16 Å². The second-order valence-corrected chi connectivity index (χ2v) is 5.97. The summed E-state index contributed by atoms with van der Waals surface area (Å²) >= 11 is 0. The zero-order valence-electron chi connectivity index (χ0n) is 13.1. The number of furan rings is 1. The molecule has 0 radical (unpaired) electrons. The number of rotatable bonds is 1. The fourth-order valence-electron chi connectivity index (χ4n) is 3.76. The Balaban J connectivity index is 2.04. The highest BCUT2D eigenvalue weighted by Crippen LogP contribution is 2.48. The van der Waals surface area contributed by atoms with E-state index in [0.717, 1.165) is 24.8 Å². The Kier molecular flexibility index (Phi) is 2.45. The summed E-state index contributed by atoms with van der Waals surface area (Å²) < 4.78 is 21.4. The minimum atomic E-state index is -0.961. The number of quaternary nitrogens is 1. The Morgan fingerprint density at radius 2 is 2.22 bits per heavy atom. The summed E-state index contributed by atoms with van der Waals surface area (Å²) in [4.78, 5) is 0. The van der Waals surface area contributed by atoms with Crippen molar-refractivity contribution in [3.05, 3.63) is 29.4 Å². The standard InChI is InChI=1S/C15H23NO2/c1-11-3-5-14-12(2)4-6-15(16(14,17)9-11)13-7-8-18-10-13/h7-8,10-12,14-15H,3-6,9H2,1-2H3/t11-,12+,14-,15-,16+/m0/s1/i9D,11D/t9-,11+,12-,14+,15+,16-/m1. The van der Waals surface area contributed by atoms with Crippen LogP contribution in [0.2, 0.25) is 0 Å². The highest BCUT2D eigenvalue weighted by molar-refractivity contribution is 5.11. The number of hydroxylamine groups is 3. The van der Waals surface area contributed by atoms with E-state index in [1.807, 2.05) is 6.07 Å². The molecule has 1 aromatic rings. The van der Waals surface area contributed by atoms with Crippen molar-refractivity contribution in [2.75, 3.05) is 6.52 Å². The zero-order chi connectivity index (χ0) is 14.5. The lowest BCUT2D eigenvalue weighted by molar-refractivity contribution is -0.952. The monoisotopic (exact) mass is 251 g/mol. The molecule has 3 heterocycles. The molecule has 0 spiro atoms. The maximum absolute atomic E-state index is 13.7. The number of hydrogen-bond donors (Lipinski definition) is 0. The largest absolute Gasteiger partial charge is 0.632 e. The Hall–Kier alpha value is -0.800. The number of piperidine rings is 2. The average molecular weight is 251 g/mol. The Morgan fingerprint density at radius 3 is 2.94 bits per heavy atom. The van der Waals surface area contributed by atoms with Crippen molar-refractivity contribution in [1.82, 2.24) is 0 Å². The van der Waals surface area contributed by atoms with Gasteiger partial charge in [-0.15, -0.1) is 0 Å². The maximum Gasteiger partial charge on any atom is 0.118 e. The van der Waals surface area contributed by atoms with E-state index in [9.17, 15) is 5.21 Å². The molecule has 18 heavy (non-hydrogen) atoms. The maximum atomic E-state index is 13.7. The van der Waals surface area contributed by atoms with Crippen LogP contribution in [0.3, 0.4) is 0 Å². The molecule has 2 aliphatic rings. The molecule has 0 aromatic carbocycles. The van der Waals surface area contributed by atoms with Gasteiger partial charge in [-0.2, -0.15) is 0 Å². The smallest absolute Gasteiger partial charge is 0.118 e. The summed E-state index contributed by atoms with van der Waals surface area (Å²) in [7, 11) is 0. The molecule has 3 heteroatoms. The molecule has 3 nitrogen and oxygen atoms in total. The molecule has 3 rings (SSSR count). The predicted molar refractivity (Wildman–Crippen MR) is 70.5 cm³/mol. The van der Waals surface area contributed by atoms with E-state index in [0.29, 0.717) is 12.3 Å². The van der Waals surface area contributed by atoms with Gasteiger partial charge in [0.15, 0.2) is 0 Å². The van der Waals surface area contributed by atoms with Gasteiger partial charge in [-0.05, 0) is 18.9 Å². The first-order valence-corrected chi connectivity index (χ1v) is 6.91. The third kappa shape index (κ3) is 1.81. The van der Waals surface area contributed by atoms with E-state index in [1.54, 1.807) is 19.5 Å². The first kappa shape index (κ1) is 10.0. The van der Waals surface area contributed by atoms with Crippen LogP contribution < -0.4 is 0 Å². The van der Waals surface area contributed by atoms with Gasteiger partial charge in [0.25, 0.3) is 0 Å². The number of nitrogens with zero attached hydrogens (tertiary/aromatic N) is 1. The van der Waals surface area contributed by atoms with Gasteiger partial charge in [-0.25, -0.2) is 0 Å². The third-order valence-electron chi connectivity index (χ3n) is 4.74. The van der Waals surface area contributed by atoms with Crippen molar-refractivity contribution < 1.29 is 11.8 Å². The summed E-state index contributed by atoms with van der Waals surface area (Å²) in [5, 5.41) is 13.7. The van der Waals surface area contributed by atoms with Crippen molar-refractivity contribution >= 4 is 0 Å². The minimum Gasteiger partial charge on any atom is -0.632 e. The zero-order valence-corrected chi connectivity index (χ0v) is 11.1. The van der Waals surface area contributed by atoms with E-state index in [-0.39, 0.29) is 12.1 Å². The molecule has 100 valence electrons. The summed E-state index contributed by atoms with van der Waals surface area (Å²) in [5.41, 5.74) is 0.895. The fraction of sp³-hybridized carbons (Fsp3) is 0.733. The van der Waals surface area contributed by atoms with Crippen LogP contribution in [-0.2, 0) is 0 Å². The third-order valence-corrected chi connectivity index (χ3v) is 4.74. The van der Waals surface area contributed by atoms with Crippen molar-refractivity contribution in [3.63, 3.8) is 0 Å². The molecular formula is C15H23NO2. The van der Waals surface area contributed by atoms with Gasteiger partial charge in [-0.1, -0.05) is 13.8 Å². The normalized spacial score (nSPS) is 54.4. The van der Waals surface area contributed by atoms with Crippen molar-refractivity contribution in [2.45, 2.75) is 51.6 Å². The van der Waals surface area contributed by atoms with Gasteiger partial charge in [-0.3, -0.25) is 0 Å². The summed E-state index contributed by atoms with van der Waals surface area (Å²) in [6, 6.07) is 1.55. The summed E-state index contributed by atoms with van der Waals surface area (Å²) in [6.07, 6.45) is 6.44. The van der Waals surface area contributed by atoms with Crippen LogP contribution in [0.1, 0.15) is 53.9 Å². The molecule has 6 atom stereocenters. The first-order chi connectivity index (χ1) is 9.37. The molecular weight excluding hydrogens is 226 g/mol.